The number of benzene rings is 2. The minimum atomic E-state index is -0.0954. The van der Waals surface area contributed by atoms with Crippen molar-refractivity contribution in [1.82, 2.24) is 9.88 Å². The van der Waals surface area contributed by atoms with Gasteiger partial charge >= 0.3 is 0 Å². The summed E-state index contributed by atoms with van der Waals surface area (Å²) in [6.45, 7) is 0. The van der Waals surface area contributed by atoms with Crippen LogP contribution in [0.2, 0.25) is 0 Å². The van der Waals surface area contributed by atoms with E-state index < -0.39 is 0 Å². The van der Waals surface area contributed by atoms with Gasteiger partial charge in [0, 0.05) is 24.0 Å². The Bertz CT molecular complexity index is 844. The second kappa shape index (κ2) is 5.89. The quantitative estimate of drug-likeness (QED) is 0.684. The van der Waals surface area contributed by atoms with Gasteiger partial charge in [-0.2, -0.15) is 0 Å². The van der Waals surface area contributed by atoms with Crippen molar-refractivity contribution >= 4 is 32.7 Å². The molecule has 0 aliphatic carbocycles. The summed E-state index contributed by atoms with van der Waals surface area (Å²) in [5.41, 5.74) is 3.35. The van der Waals surface area contributed by atoms with Gasteiger partial charge in [-0.1, -0.05) is 46.3 Å². The first-order valence-electron chi connectivity index (χ1n) is 6.93. The molecule has 0 saturated carbocycles. The Morgan fingerprint density at radius 3 is 2.45 bits per heavy atom. The van der Waals surface area contributed by atoms with Crippen molar-refractivity contribution in [3.63, 3.8) is 0 Å². The van der Waals surface area contributed by atoms with Crippen molar-refractivity contribution in [2.75, 3.05) is 14.1 Å². The SMILES string of the molecule is CN(C)C(=O)c1cc(-c2ccccc2)c2cc(Br)ccc2n1. The van der Waals surface area contributed by atoms with E-state index in [-0.39, 0.29) is 5.91 Å². The van der Waals surface area contributed by atoms with Gasteiger partial charge in [-0.25, -0.2) is 4.98 Å². The van der Waals surface area contributed by atoms with Gasteiger partial charge in [0.15, 0.2) is 0 Å². The highest BCUT2D eigenvalue weighted by molar-refractivity contribution is 9.10. The number of aromatic nitrogens is 1. The summed E-state index contributed by atoms with van der Waals surface area (Å²) in [4.78, 5) is 18.3. The second-order valence-electron chi connectivity index (χ2n) is 5.28. The Labute approximate surface area is 137 Å². The molecule has 0 N–H and O–H groups in total. The number of amides is 1. The Hall–Kier alpha value is -2.20. The number of carbonyl (C=O) groups is 1. The molecule has 0 radical (unpaired) electrons. The lowest BCUT2D eigenvalue weighted by molar-refractivity contribution is 0.0822. The Balaban J connectivity index is 2.31. The lowest BCUT2D eigenvalue weighted by Crippen LogP contribution is -2.22. The van der Waals surface area contributed by atoms with Crippen LogP contribution in [0, 0.1) is 0 Å². The molecule has 0 atom stereocenters. The maximum atomic E-state index is 12.3. The highest BCUT2D eigenvalue weighted by atomic mass is 79.9. The number of halogens is 1. The number of rotatable bonds is 2. The molecule has 0 saturated heterocycles. The third kappa shape index (κ3) is 2.74. The van der Waals surface area contributed by atoms with Gasteiger partial charge in [0.2, 0.25) is 0 Å². The van der Waals surface area contributed by atoms with E-state index >= 15 is 0 Å². The molecule has 2 aromatic carbocycles. The molecule has 110 valence electrons. The van der Waals surface area contributed by atoms with E-state index in [0.717, 1.165) is 26.5 Å². The minimum Gasteiger partial charge on any atom is -0.343 e. The van der Waals surface area contributed by atoms with E-state index in [2.05, 4.69) is 20.9 Å². The molecular formula is C18H15BrN2O. The fraction of sp³-hybridized carbons (Fsp3) is 0.111. The molecule has 0 unspecified atom stereocenters. The molecule has 1 heterocycles. The predicted octanol–water partition coefficient (Wildman–Crippen LogP) is 4.37. The largest absolute Gasteiger partial charge is 0.343 e. The molecule has 3 aromatic rings. The second-order valence-corrected chi connectivity index (χ2v) is 6.20. The summed E-state index contributed by atoms with van der Waals surface area (Å²) in [5.74, 6) is -0.0954. The number of hydrogen-bond acceptors (Lipinski definition) is 2. The number of carbonyl (C=O) groups excluding carboxylic acids is 1. The lowest BCUT2D eigenvalue weighted by Gasteiger charge is -2.13. The summed E-state index contributed by atoms with van der Waals surface area (Å²) in [5, 5.41) is 1.02. The molecule has 0 bridgehead atoms. The van der Waals surface area contributed by atoms with Crippen molar-refractivity contribution < 1.29 is 4.79 Å². The van der Waals surface area contributed by atoms with Crippen molar-refractivity contribution in [3.8, 4) is 11.1 Å². The molecule has 3 rings (SSSR count). The molecule has 0 spiro atoms. The Morgan fingerprint density at radius 1 is 1.05 bits per heavy atom. The van der Waals surface area contributed by atoms with Crippen molar-refractivity contribution in [2.45, 2.75) is 0 Å². The van der Waals surface area contributed by atoms with Crippen LogP contribution in [0.1, 0.15) is 10.5 Å². The first-order chi connectivity index (χ1) is 10.6. The van der Waals surface area contributed by atoms with Crippen molar-refractivity contribution in [3.05, 3.63) is 64.8 Å². The monoisotopic (exact) mass is 354 g/mol. The fourth-order valence-electron chi connectivity index (χ4n) is 2.39. The number of pyridine rings is 1. The fourth-order valence-corrected chi connectivity index (χ4v) is 2.75. The predicted molar refractivity (Wildman–Crippen MR) is 92.9 cm³/mol. The molecule has 1 aromatic heterocycles. The topological polar surface area (TPSA) is 33.2 Å². The van der Waals surface area contributed by atoms with Crippen molar-refractivity contribution in [2.24, 2.45) is 0 Å². The zero-order valence-electron chi connectivity index (χ0n) is 12.4. The van der Waals surface area contributed by atoms with Gasteiger partial charge in [-0.3, -0.25) is 4.79 Å². The first-order valence-corrected chi connectivity index (χ1v) is 7.73. The third-order valence-corrected chi connectivity index (χ3v) is 3.97. The van der Waals surface area contributed by atoms with Crippen LogP contribution >= 0.6 is 15.9 Å². The van der Waals surface area contributed by atoms with Crippen LogP contribution in [0.3, 0.4) is 0 Å². The summed E-state index contributed by atoms with van der Waals surface area (Å²) in [7, 11) is 3.47. The molecule has 0 aliphatic rings. The molecule has 0 fully saturated rings. The molecule has 0 aliphatic heterocycles. The minimum absolute atomic E-state index is 0.0954. The Kier molecular flexibility index (Phi) is 3.94. The summed E-state index contributed by atoms with van der Waals surface area (Å²) in [6.07, 6.45) is 0. The van der Waals surface area contributed by atoms with Gasteiger partial charge in [0.05, 0.1) is 5.52 Å². The van der Waals surface area contributed by atoms with E-state index in [1.54, 1.807) is 19.0 Å². The van der Waals surface area contributed by atoms with Crippen LogP contribution in [-0.4, -0.2) is 29.9 Å². The van der Waals surface area contributed by atoms with Crippen molar-refractivity contribution in [1.29, 1.82) is 0 Å². The van der Waals surface area contributed by atoms with Crippen LogP contribution in [0.4, 0.5) is 0 Å². The summed E-state index contributed by atoms with van der Waals surface area (Å²) in [6, 6.07) is 17.8. The molecule has 1 amide bonds. The van der Waals surface area contributed by atoms with E-state index in [0.29, 0.717) is 5.69 Å². The van der Waals surface area contributed by atoms with Crippen LogP contribution in [-0.2, 0) is 0 Å². The highest BCUT2D eigenvalue weighted by Crippen LogP contribution is 2.30. The Morgan fingerprint density at radius 2 is 1.77 bits per heavy atom. The average Bonchev–Trinajstić information content (AvgIpc) is 2.54. The van der Waals surface area contributed by atoms with Crippen LogP contribution < -0.4 is 0 Å². The van der Waals surface area contributed by atoms with Crippen LogP contribution in [0.15, 0.2) is 59.1 Å². The van der Waals surface area contributed by atoms with Gasteiger partial charge in [0.25, 0.3) is 5.91 Å². The molecule has 4 heteroatoms. The van der Waals surface area contributed by atoms with Crippen LogP contribution in [0.25, 0.3) is 22.0 Å². The standard InChI is InChI=1S/C18H15BrN2O/c1-21(2)18(22)17-11-14(12-6-4-3-5-7-12)15-10-13(19)8-9-16(15)20-17/h3-11H,1-2H3. The zero-order chi connectivity index (χ0) is 15.7. The normalized spacial score (nSPS) is 10.7. The van der Waals surface area contributed by atoms with Crippen LogP contribution in [0.5, 0.6) is 0 Å². The number of fused-ring (bicyclic) bond motifs is 1. The number of nitrogens with zero attached hydrogens (tertiary/aromatic N) is 2. The van der Waals surface area contributed by atoms with Gasteiger partial charge in [-0.15, -0.1) is 0 Å². The first kappa shape index (κ1) is 14.7. The van der Waals surface area contributed by atoms with E-state index in [4.69, 9.17) is 0 Å². The number of hydrogen-bond donors (Lipinski definition) is 0. The zero-order valence-corrected chi connectivity index (χ0v) is 14.0. The molecular weight excluding hydrogens is 340 g/mol. The summed E-state index contributed by atoms with van der Waals surface area (Å²) < 4.78 is 0.991. The summed E-state index contributed by atoms with van der Waals surface area (Å²) >= 11 is 3.51. The lowest BCUT2D eigenvalue weighted by atomic mass is 10.00. The highest BCUT2D eigenvalue weighted by Gasteiger charge is 2.14. The molecule has 22 heavy (non-hydrogen) atoms. The maximum Gasteiger partial charge on any atom is 0.271 e. The van der Waals surface area contributed by atoms with Gasteiger partial charge < -0.3 is 4.90 Å². The van der Waals surface area contributed by atoms with E-state index in [9.17, 15) is 4.79 Å². The smallest absolute Gasteiger partial charge is 0.271 e. The maximum absolute atomic E-state index is 12.3. The van der Waals surface area contributed by atoms with E-state index in [1.807, 2.05) is 54.6 Å². The van der Waals surface area contributed by atoms with Gasteiger partial charge in [-0.05, 0) is 35.4 Å². The van der Waals surface area contributed by atoms with E-state index in [1.165, 1.54) is 0 Å². The average molecular weight is 355 g/mol. The van der Waals surface area contributed by atoms with Gasteiger partial charge in [0.1, 0.15) is 5.69 Å². The molecule has 3 nitrogen and oxygen atoms in total. The third-order valence-electron chi connectivity index (χ3n) is 3.48.